The van der Waals surface area contributed by atoms with Gasteiger partial charge in [-0.2, -0.15) is 0 Å². The average Bonchev–Trinajstić information content (AvgIpc) is 2.82. The van der Waals surface area contributed by atoms with Gasteiger partial charge in [-0.25, -0.2) is 0 Å². The first kappa shape index (κ1) is 17.5. The maximum Gasteiger partial charge on any atom is 0.155 e. The summed E-state index contributed by atoms with van der Waals surface area (Å²) in [6, 6.07) is 0. The number of hydrogen-bond acceptors (Lipinski definition) is 3. The SMILES string of the molecule is CC(=O)C1CC(C)C2C3CCC4=CC(=O)CC[C@]4(C)C3C[C@@H](O)[C@]12C. The maximum atomic E-state index is 12.3. The molecular weight excluding hydrogens is 312 g/mol. The molecule has 0 amide bonds. The van der Waals surface area contributed by atoms with Crippen molar-refractivity contribution in [1.29, 1.82) is 0 Å². The van der Waals surface area contributed by atoms with E-state index in [-0.39, 0.29) is 28.3 Å². The van der Waals surface area contributed by atoms with Crippen LogP contribution < -0.4 is 0 Å². The highest BCUT2D eigenvalue weighted by molar-refractivity contribution is 5.91. The number of Topliss-reactive ketones (excluding diaryl/α,β-unsaturated/α-hetero) is 1. The molecule has 8 atom stereocenters. The Labute approximate surface area is 151 Å². The van der Waals surface area contributed by atoms with Gasteiger partial charge in [0.2, 0.25) is 0 Å². The zero-order valence-electron chi connectivity index (χ0n) is 16.0. The second-order valence-electron chi connectivity index (χ2n) is 9.88. The number of ketones is 2. The van der Waals surface area contributed by atoms with Crippen LogP contribution in [-0.2, 0) is 9.59 Å². The van der Waals surface area contributed by atoms with Crippen molar-refractivity contribution in [3.63, 3.8) is 0 Å². The van der Waals surface area contributed by atoms with E-state index < -0.39 is 6.10 Å². The Morgan fingerprint density at radius 1 is 1.24 bits per heavy atom. The Bertz CT molecular complexity index is 650. The quantitative estimate of drug-likeness (QED) is 0.784. The Balaban J connectivity index is 1.75. The number of carbonyl (C=O) groups is 2. The Morgan fingerprint density at radius 2 is 1.96 bits per heavy atom. The van der Waals surface area contributed by atoms with Crippen molar-refractivity contribution < 1.29 is 14.7 Å². The fraction of sp³-hybridized carbons (Fsp3) is 0.818. The normalized spacial score (nSPS) is 52.0. The van der Waals surface area contributed by atoms with Gasteiger partial charge in [0.15, 0.2) is 5.78 Å². The van der Waals surface area contributed by atoms with Gasteiger partial charge in [0.1, 0.15) is 5.78 Å². The van der Waals surface area contributed by atoms with Crippen molar-refractivity contribution in [1.82, 2.24) is 0 Å². The summed E-state index contributed by atoms with van der Waals surface area (Å²) in [4.78, 5) is 24.3. The molecule has 0 aliphatic heterocycles. The van der Waals surface area contributed by atoms with Crippen LogP contribution in [0.3, 0.4) is 0 Å². The van der Waals surface area contributed by atoms with E-state index in [4.69, 9.17) is 0 Å². The molecule has 4 aliphatic carbocycles. The standard InChI is InChI=1S/C22H32O3/c1-12-9-17(13(2)23)22(4)19(25)11-18-16(20(12)22)6-5-14-10-15(24)7-8-21(14,18)3/h10,12,16-20,25H,5-9,11H2,1-4H3/t12?,16?,17?,18?,19-,20?,21+,22+/m1/s1. The largest absolute Gasteiger partial charge is 0.393 e. The highest BCUT2D eigenvalue weighted by atomic mass is 16.3. The van der Waals surface area contributed by atoms with Crippen molar-refractivity contribution >= 4 is 11.6 Å². The molecule has 0 radical (unpaired) electrons. The minimum Gasteiger partial charge on any atom is -0.393 e. The fourth-order valence-electron chi connectivity index (χ4n) is 7.67. The van der Waals surface area contributed by atoms with Crippen LogP contribution >= 0.6 is 0 Å². The molecule has 0 bridgehead atoms. The maximum absolute atomic E-state index is 12.3. The van der Waals surface area contributed by atoms with E-state index in [0.717, 1.165) is 32.1 Å². The molecule has 3 fully saturated rings. The van der Waals surface area contributed by atoms with E-state index in [2.05, 4.69) is 20.8 Å². The monoisotopic (exact) mass is 344 g/mol. The number of rotatable bonds is 1. The molecule has 138 valence electrons. The van der Waals surface area contributed by atoms with Crippen molar-refractivity contribution in [2.45, 2.75) is 72.3 Å². The lowest BCUT2D eigenvalue weighted by Gasteiger charge is -2.60. The third kappa shape index (κ3) is 2.20. The summed E-state index contributed by atoms with van der Waals surface area (Å²) in [7, 11) is 0. The van der Waals surface area contributed by atoms with Crippen LogP contribution in [-0.4, -0.2) is 22.8 Å². The molecule has 0 aromatic heterocycles. The highest BCUT2D eigenvalue weighted by Gasteiger charge is 2.65. The third-order valence-electron chi connectivity index (χ3n) is 8.88. The molecule has 0 aromatic carbocycles. The lowest BCUT2D eigenvalue weighted by Crippen LogP contribution is -2.57. The van der Waals surface area contributed by atoms with E-state index in [0.29, 0.717) is 30.1 Å². The lowest BCUT2D eigenvalue weighted by molar-refractivity contribution is -0.152. The van der Waals surface area contributed by atoms with Gasteiger partial charge in [-0.3, -0.25) is 9.59 Å². The van der Waals surface area contributed by atoms with Crippen molar-refractivity contribution in [2.75, 3.05) is 0 Å². The molecule has 0 spiro atoms. The molecule has 4 rings (SSSR count). The smallest absolute Gasteiger partial charge is 0.155 e. The summed E-state index contributed by atoms with van der Waals surface area (Å²) < 4.78 is 0. The van der Waals surface area contributed by atoms with Gasteiger partial charge in [-0.15, -0.1) is 0 Å². The van der Waals surface area contributed by atoms with Crippen molar-refractivity contribution in [3.05, 3.63) is 11.6 Å². The Morgan fingerprint density at radius 3 is 2.64 bits per heavy atom. The number of aliphatic hydroxyl groups is 1. The molecule has 3 saturated carbocycles. The van der Waals surface area contributed by atoms with Gasteiger partial charge in [0.05, 0.1) is 6.10 Å². The van der Waals surface area contributed by atoms with Gasteiger partial charge in [0, 0.05) is 17.8 Å². The topological polar surface area (TPSA) is 54.4 Å². The summed E-state index contributed by atoms with van der Waals surface area (Å²) in [5.74, 6) is 2.45. The van der Waals surface area contributed by atoms with E-state index in [1.165, 1.54) is 5.57 Å². The summed E-state index contributed by atoms with van der Waals surface area (Å²) in [5.41, 5.74) is 1.12. The first-order valence-electron chi connectivity index (χ1n) is 10.1. The molecule has 0 heterocycles. The number of fused-ring (bicyclic) bond motifs is 5. The van der Waals surface area contributed by atoms with E-state index in [1.54, 1.807) is 6.92 Å². The molecular formula is C22H32O3. The second kappa shape index (κ2) is 5.52. The number of carbonyl (C=O) groups excluding carboxylic acids is 2. The molecule has 0 saturated heterocycles. The average molecular weight is 344 g/mol. The first-order chi connectivity index (χ1) is 11.7. The third-order valence-corrected chi connectivity index (χ3v) is 8.88. The van der Waals surface area contributed by atoms with E-state index >= 15 is 0 Å². The van der Waals surface area contributed by atoms with Crippen LogP contribution in [0.15, 0.2) is 11.6 Å². The van der Waals surface area contributed by atoms with Crippen LogP contribution in [0.1, 0.15) is 66.2 Å². The van der Waals surface area contributed by atoms with Crippen molar-refractivity contribution in [3.8, 4) is 0 Å². The van der Waals surface area contributed by atoms with Gasteiger partial charge < -0.3 is 5.11 Å². The molecule has 1 N–H and O–H groups in total. The van der Waals surface area contributed by atoms with Crippen LogP contribution in [0.4, 0.5) is 0 Å². The van der Waals surface area contributed by atoms with E-state index in [9.17, 15) is 14.7 Å². The summed E-state index contributed by atoms with van der Waals surface area (Å²) >= 11 is 0. The predicted molar refractivity (Wildman–Crippen MR) is 96.8 cm³/mol. The number of allylic oxidation sites excluding steroid dienone is 1. The molecule has 25 heavy (non-hydrogen) atoms. The van der Waals surface area contributed by atoms with Gasteiger partial charge >= 0.3 is 0 Å². The number of hydrogen-bond donors (Lipinski definition) is 1. The summed E-state index contributed by atoms with van der Waals surface area (Å²) in [6.07, 6.45) is 6.92. The van der Waals surface area contributed by atoms with Gasteiger partial charge in [-0.05, 0) is 74.2 Å². The molecule has 0 aromatic rings. The minimum atomic E-state index is -0.411. The zero-order chi connectivity index (χ0) is 18.1. The first-order valence-corrected chi connectivity index (χ1v) is 10.1. The Hall–Kier alpha value is -0.960. The second-order valence-corrected chi connectivity index (χ2v) is 9.88. The minimum absolute atomic E-state index is 0.00105. The molecule has 5 unspecified atom stereocenters. The molecule has 3 nitrogen and oxygen atoms in total. The summed E-state index contributed by atoms with van der Waals surface area (Å²) in [6.45, 7) is 8.52. The van der Waals surface area contributed by atoms with Crippen molar-refractivity contribution in [2.24, 2.45) is 40.4 Å². The predicted octanol–water partition coefficient (Wildman–Crippen LogP) is 3.94. The number of aliphatic hydroxyl groups excluding tert-OH is 1. The highest BCUT2D eigenvalue weighted by Crippen LogP contribution is 2.67. The fourth-order valence-corrected chi connectivity index (χ4v) is 7.67. The summed E-state index contributed by atoms with van der Waals surface area (Å²) in [5, 5.41) is 11.2. The molecule has 3 heteroatoms. The van der Waals surface area contributed by atoms with Gasteiger partial charge in [-0.1, -0.05) is 26.3 Å². The van der Waals surface area contributed by atoms with Gasteiger partial charge in [0.25, 0.3) is 0 Å². The van der Waals surface area contributed by atoms with Crippen LogP contribution in [0.2, 0.25) is 0 Å². The zero-order valence-corrected chi connectivity index (χ0v) is 16.0. The van der Waals surface area contributed by atoms with Crippen LogP contribution in [0.25, 0.3) is 0 Å². The van der Waals surface area contributed by atoms with E-state index in [1.807, 2.05) is 6.08 Å². The van der Waals surface area contributed by atoms with Crippen LogP contribution in [0.5, 0.6) is 0 Å². The lowest BCUT2D eigenvalue weighted by atomic mass is 9.45. The molecule has 4 aliphatic rings. The Kier molecular flexibility index (Phi) is 3.85. The van der Waals surface area contributed by atoms with Crippen LogP contribution in [0, 0.1) is 40.4 Å².